The van der Waals surface area contributed by atoms with E-state index in [-0.39, 0.29) is 18.5 Å². The number of hydrogen-bond donors (Lipinski definition) is 3. The van der Waals surface area contributed by atoms with Crippen LogP contribution in [0, 0.1) is 11.8 Å². The maximum absolute atomic E-state index is 13.9. The van der Waals surface area contributed by atoms with Gasteiger partial charge in [0.2, 0.25) is 19.6 Å². The monoisotopic (exact) mass is 532 g/mol. The van der Waals surface area contributed by atoms with Gasteiger partial charge in [-0.05, 0) is 37.0 Å². The minimum atomic E-state index is -3.74. The van der Waals surface area contributed by atoms with E-state index in [1.54, 1.807) is 13.8 Å². The summed E-state index contributed by atoms with van der Waals surface area (Å²) in [6, 6.07) is 16.3. The van der Waals surface area contributed by atoms with E-state index in [9.17, 15) is 24.1 Å². The van der Waals surface area contributed by atoms with Crippen LogP contribution in [0.3, 0.4) is 0 Å². The molecule has 0 bridgehead atoms. The van der Waals surface area contributed by atoms with Crippen molar-refractivity contribution in [2.75, 3.05) is 6.16 Å². The van der Waals surface area contributed by atoms with Crippen LogP contribution in [0.25, 0.3) is 11.1 Å². The number of carboxylic acids is 1. The number of carbonyl (C=O) groups excluding carboxylic acids is 2. The summed E-state index contributed by atoms with van der Waals surface area (Å²) in [6.07, 6.45) is -1.19. The fraction of sp³-hybridized carbons (Fsp3) is 0.444. The normalized spacial score (nSPS) is 16.2. The molecule has 2 aromatic carbocycles. The largest absolute Gasteiger partial charge is 0.480 e. The first-order chi connectivity index (χ1) is 17.3. The molecule has 0 aliphatic carbocycles. The Bertz CT molecular complexity index is 1100. The molecule has 9 nitrogen and oxygen atoms in total. The van der Waals surface area contributed by atoms with Crippen molar-refractivity contribution in [3.05, 3.63) is 60.2 Å². The van der Waals surface area contributed by atoms with Gasteiger partial charge in [-0.1, -0.05) is 68.4 Å². The standard InChI is InChI=1S/C27H37N2O7P/c1-17(2)27(35-20(5)30)36-37(34,19(4)28)16-24(25(31)29-18(3)26(32)33)15-21-11-13-23(14-12-21)22-9-7-6-8-10-22/h6-14,17-19,24,27H,15-16,28H2,1-5H3,(H,29,31)(H,32,33)/t18-,19?,24-,27?,37?/m1/s1. The molecule has 3 unspecified atom stereocenters. The van der Waals surface area contributed by atoms with Gasteiger partial charge in [0.05, 0.1) is 11.7 Å². The molecular weight excluding hydrogens is 495 g/mol. The van der Waals surface area contributed by atoms with Crippen LogP contribution in [0.5, 0.6) is 0 Å². The molecule has 0 spiro atoms. The predicted octanol–water partition coefficient (Wildman–Crippen LogP) is 4.25. The van der Waals surface area contributed by atoms with Crippen molar-refractivity contribution in [3.63, 3.8) is 0 Å². The number of benzene rings is 2. The van der Waals surface area contributed by atoms with Gasteiger partial charge in [0.1, 0.15) is 6.04 Å². The molecule has 0 aliphatic rings. The molecule has 0 radical (unpaired) electrons. The number of aliphatic carboxylic acids is 1. The molecule has 202 valence electrons. The van der Waals surface area contributed by atoms with Crippen LogP contribution < -0.4 is 11.1 Å². The molecule has 2 rings (SSSR count). The molecule has 37 heavy (non-hydrogen) atoms. The van der Waals surface area contributed by atoms with Crippen molar-refractivity contribution in [1.29, 1.82) is 0 Å². The van der Waals surface area contributed by atoms with Crippen LogP contribution in [-0.4, -0.2) is 47.2 Å². The van der Waals surface area contributed by atoms with Gasteiger partial charge in [0.15, 0.2) is 0 Å². The number of nitrogens with one attached hydrogen (secondary N) is 1. The predicted molar refractivity (Wildman–Crippen MR) is 142 cm³/mol. The molecule has 1 amide bonds. The zero-order chi connectivity index (χ0) is 27.8. The number of hydrogen-bond acceptors (Lipinski definition) is 7. The van der Waals surface area contributed by atoms with E-state index in [0.29, 0.717) is 0 Å². The molecule has 0 fully saturated rings. The van der Waals surface area contributed by atoms with E-state index in [2.05, 4.69) is 5.32 Å². The van der Waals surface area contributed by atoms with E-state index < -0.39 is 49.2 Å². The maximum atomic E-state index is 13.9. The third-order valence-electron chi connectivity index (χ3n) is 5.85. The lowest BCUT2D eigenvalue weighted by Gasteiger charge is -2.31. The summed E-state index contributed by atoms with van der Waals surface area (Å²) in [5.41, 5.74) is 8.90. The molecule has 0 aliphatic heterocycles. The number of carboxylic acid groups (broad SMARTS) is 1. The Morgan fingerprint density at radius 2 is 1.54 bits per heavy atom. The minimum absolute atomic E-state index is 0.174. The van der Waals surface area contributed by atoms with Crippen molar-refractivity contribution in [3.8, 4) is 11.1 Å². The topological polar surface area (TPSA) is 145 Å². The van der Waals surface area contributed by atoms with Gasteiger partial charge < -0.3 is 20.9 Å². The molecule has 0 aromatic heterocycles. The Hall–Kier alpha value is -3.00. The fourth-order valence-electron chi connectivity index (χ4n) is 3.61. The number of carbonyl (C=O) groups is 3. The van der Waals surface area contributed by atoms with Gasteiger partial charge in [0, 0.05) is 19.0 Å². The molecule has 0 saturated heterocycles. The van der Waals surface area contributed by atoms with Crippen LogP contribution in [0.2, 0.25) is 0 Å². The van der Waals surface area contributed by atoms with E-state index in [0.717, 1.165) is 16.7 Å². The zero-order valence-corrected chi connectivity index (χ0v) is 22.8. The van der Waals surface area contributed by atoms with Crippen molar-refractivity contribution in [2.24, 2.45) is 17.6 Å². The Kier molecular flexibility index (Phi) is 11.0. The van der Waals surface area contributed by atoms with E-state index >= 15 is 0 Å². The lowest BCUT2D eigenvalue weighted by molar-refractivity contribution is -0.166. The molecule has 2 aromatic rings. The smallest absolute Gasteiger partial charge is 0.325 e. The Labute approximate surface area is 218 Å². The number of nitrogens with two attached hydrogens (primary N) is 1. The number of rotatable bonds is 13. The van der Waals surface area contributed by atoms with Crippen molar-refractivity contribution >= 4 is 25.2 Å². The van der Waals surface area contributed by atoms with Gasteiger partial charge in [-0.25, -0.2) is 0 Å². The van der Waals surface area contributed by atoms with Crippen molar-refractivity contribution in [2.45, 2.75) is 59.2 Å². The highest BCUT2D eigenvalue weighted by Gasteiger charge is 2.39. The number of esters is 1. The minimum Gasteiger partial charge on any atom is -0.480 e. The first-order valence-electron chi connectivity index (χ1n) is 12.2. The van der Waals surface area contributed by atoms with Crippen molar-refractivity contribution < 1.29 is 33.3 Å². The summed E-state index contributed by atoms with van der Waals surface area (Å²) >= 11 is 0. The molecule has 10 heteroatoms. The molecule has 5 atom stereocenters. The van der Waals surface area contributed by atoms with Crippen LogP contribution in [0.1, 0.15) is 40.2 Å². The van der Waals surface area contributed by atoms with Crippen LogP contribution in [0.4, 0.5) is 0 Å². The Morgan fingerprint density at radius 3 is 2.03 bits per heavy atom. The summed E-state index contributed by atoms with van der Waals surface area (Å²) in [6.45, 7) is 7.56. The SMILES string of the molecule is CC(=O)OC(OP(=O)(C[C@@H](Cc1ccc(-c2ccccc2)cc1)C(=O)N[C@H](C)C(=O)O)C(C)N)C(C)C. The summed E-state index contributed by atoms with van der Waals surface area (Å²) < 4.78 is 25.0. The average Bonchev–Trinajstić information content (AvgIpc) is 2.83. The fourth-order valence-corrected chi connectivity index (χ4v) is 5.77. The molecule has 0 saturated carbocycles. The van der Waals surface area contributed by atoms with Gasteiger partial charge in [-0.3, -0.25) is 23.5 Å². The summed E-state index contributed by atoms with van der Waals surface area (Å²) in [4.78, 5) is 36.1. The Balaban J connectivity index is 2.35. The van der Waals surface area contributed by atoms with Gasteiger partial charge >= 0.3 is 11.9 Å². The average molecular weight is 533 g/mol. The second-order valence-electron chi connectivity index (χ2n) is 9.51. The van der Waals surface area contributed by atoms with Crippen LogP contribution in [-0.2, 0) is 34.6 Å². The van der Waals surface area contributed by atoms with Gasteiger partial charge in [-0.2, -0.15) is 0 Å². The molecule has 4 N–H and O–H groups in total. The van der Waals surface area contributed by atoms with Crippen LogP contribution >= 0.6 is 7.37 Å². The van der Waals surface area contributed by atoms with Gasteiger partial charge in [-0.15, -0.1) is 0 Å². The van der Waals surface area contributed by atoms with Crippen LogP contribution in [0.15, 0.2) is 54.6 Å². The highest BCUT2D eigenvalue weighted by atomic mass is 31.2. The quantitative estimate of drug-likeness (QED) is 0.197. The lowest BCUT2D eigenvalue weighted by Crippen LogP contribution is -2.44. The van der Waals surface area contributed by atoms with Crippen molar-refractivity contribution in [1.82, 2.24) is 5.32 Å². The molecular formula is C27H37N2O7P. The first kappa shape index (κ1) is 30.2. The summed E-state index contributed by atoms with van der Waals surface area (Å²) in [7, 11) is -3.74. The second kappa shape index (κ2) is 13.5. The number of amides is 1. The highest BCUT2D eigenvalue weighted by Crippen LogP contribution is 2.53. The first-order valence-corrected chi connectivity index (χ1v) is 14.1. The molecule has 0 heterocycles. The third kappa shape index (κ3) is 9.11. The van der Waals surface area contributed by atoms with Gasteiger partial charge in [0.25, 0.3) is 0 Å². The Morgan fingerprint density at radius 1 is 0.973 bits per heavy atom. The third-order valence-corrected chi connectivity index (χ3v) is 8.60. The van der Waals surface area contributed by atoms with E-state index in [1.807, 2.05) is 54.6 Å². The van der Waals surface area contributed by atoms with E-state index in [1.165, 1.54) is 20.8 Å². The zero-order valence-electron chi connectivity index (χ0n) is 21.9. The summed E-state index contributed by atoms with van der Waals surface area (Å²) in [5, 5.41) is 11.7. The second-order valence-corrected chi connectivity index (χ2v) is 12.4. The number of ether oxygens (including phenoxy) is 1. The van der Waals surface area contributed by atoms with E-state index in [4.69, 9.17) is 15.0 Å². The maximum Gasteiger partial charge on any atom is 0.325 e. The highest BCUT2D eigenvalue weighted by molar-refractivity contribution is 7.59. The lowest BCUT2D eigenvalue weighted by atomic mass is 9.97. The summed E-state index contributed by atoms with van der Waals surface area (Å²) in [5.74, 6) is -4.57.